The molecule has 4 nitrogen and oxygen atoms in total. The Balaban J connectivity index is 1.78. The van der Waals surface area contributed by atoms with Crippen LogP contribution in [0.2, 0.25) is 0 Å². The molecule has 2 rings (SSSR count). The molecule has 1 aromatic carbocycles. The summed E-state index contributed by atoms with van der Waals surface area (Å²) in [6.45, 7) is 3.67. The molecule has 1 aliphatic rings. The van der Waals surface area contributed by atoms with Crippen LogP contribution in [0.25, 0.3) is 0 Å². The lowest BCUT2D eigenvalue weighted by atomic mass is 10.1. The Morgan fingerprint density at radius 1 is 1.42 bits per heavy atom. The van der Waals surface area contributed by atoms with Crippen molar-refractivity contribution < 1.29 is 14.3 Å². The highest BCUT2D eigenvalue weighted by molar-refractivity contribution is 5.91. The molecule has 0 aliphatic heterocycles. The molecule has 0 unspecified atom stereocenters. The van der Waals surface area contributed by atoms with E-state index in [1.807, 2.05) is 19.9 Å². The molecule has 0 radical (unpaired) electrons. The van der Waals surface area contributed by atoms with Crippen molar-refractivity contribution in [2.24, 2.45) is 5.92 Å². The topological polar surface area (TPSA) is 55.4 Å². The fourth-order valence-corrected chi connectivity index (χ4v) is 2.00. The summed E-state index contributed by atoms with van der Waals surface area (Å²) in [6.07, 6.45) is 2.34. The van der Waals surface area contributed by atoms with E-state index >= 15 is 0 Å². The Kier molecular flexibility index (Phi) is 4.20. The Hall–Kier alpha value is -1.84. The minimum Gasteiger partial charge on any atom is -0.452 e. The normalized spacial score (nSPS) is 15.7. The molecule has 1 amide bonds. The van der Waals surface area contributed by atoms with Crippen LogP contribution in [-0.4, -0.2) is 24.5 Å². The molecule has 0 spiro atoms. The third-order valence-electron chi connectivity index (χ3n) is 3.31. The van der Waals surface area contributed by atoms with E-state index in [-0.39, 0.29) is 18.6 Å². The predicted octanol–water partition coefficient (Wildman–Crippen LogP) is 2.07. The SMILES string of the molecule is Cc1cccc(C(=O)OCC(=O)N[C@@H](C)C2CC2)c1. The minimum absolute atomic E-state index is 0.171. The van der Waals surface area contributed by atoms with Gasteiger partial charge in [-0.1, -0.05) is 17.7 Å². The lowest BCUT2D eigenvalue weighted by Crippen LogP contribution is -2.37. The fraction of sp³-hybridized carbons (Fsp3) is 0.467. The molecule has 102 valence electrons. The van der Waals surface area contributed by atoms with Crippen LogP contribution in [0, 0.1) is 12.8 Å². The monoisotopic (exact) mass is 261 g/mol. The first-order valence-corrected chi connectivity index (χ1v) is 6.59. The molecular formula is C15H19NO3. The number of aryl methyl sites for hydroxylation is 1. The zero-order valence-corrected chi connectivity index (χ0v) is 11.3. The summed E-state index contributed by atoms with van der Waals surface area (Å²) >= 11 is 0. The lowest BCUT2D eigenvalue weighted by Gasteiger charge is -2.12. The molecule has 1 N–H and O–H groups in total. The van der Waals surface area contributed by atoms with Crippen LogP contribution in [-0.2, 0) is 9.53 Å². The minimum atomic E-state index is -0.460. The molecular weight excluding hydrogens is 242 g/mol. The zero-order chi connectivity index (χ0) is 13.8. The van der Waals surface area contributed by atoms with E-state index in [1.165, 1.54) is 12.8 Å². The van der Waals surface area contributed by atoms with Gasteiger partial charge in [0.2, 0.25) is 0 Å². The van der Waals surface area contributed by atoms with E-state index in [9.17, 15) is 9.59 Å². The maximum atomic E-state index is 11.7. The molecule has 0 aromatic heterocycles. The maximum Gasteiger partial charge on any atom is 0.338 e. The molecule has 0 bridgehead atoms. The smallest absolute Gasteiger partial charge is 0.338 e. The zero-order valence-electron chi connectivity index (χ0n) is 11.3. The second-order valence-corrected chi connectivity index (χ2v) is 5.14. The third kappa shape index (κ3) is 4.09. The molecule has 4 heteroatoms. The Morgan fingerprint density at radius 2 is 2.16 bits per heavy atom. The molecule has 1 fully saturated rings. The summed E-state index contributed by atoms with van der Waals surface area (Å²) in [5.41, 5.74) is 1.46. The maximum absolute atomic E-state index is 11.7. The van der Waals surface area contributed by atoms with Crippen LogP contribution < -0.4 is 5.32 Å². The van der Waals surface area contributed by atoms with E-state index < -0.39 is 5.97 Å². The average molecular weight is 261 g/mol. The largest absolute Gasteiger partial charge is 0.452 e. The van der Waals surface area contributed by atoms with E-state index in [4.69, 9.17) is 4.74 Å². The van der Waals surface area contributed by atoms with E-state index in [1.54, 1.807) is 18.2 Å². The Labute approximate surface area is 113 Å². The second-order valence-electron chi connectivity index (χ2n) is 5.14. The van der Waals surface area contributed by atoms with Crippen LogP contribution >= 0.6 is 0 Å². The van der Waals surface area contributed by atoms with E-state index in [0.29, 0.717) is 11.5 Å². The summed E-state index contributed by atoms with van der Waals surface area (Å²) in [5, 5.41) is 2.84. The molecule has 1 aromatic rings. The van der Waals surface area contributed by atoms with Crippen molar-refractivity contribution in [3.8, 4) is 0 Å². The summed E-state index contributed by atoms with van der Waals surface area (Å²) in [7, 11) is 0. The van der Waals surface area contributed by atoms with Gasteiger partial charge in [0.25, 0.3) is 5.91 Å². The van der Waals surface area contributed by atoms with Crippen molar-refractivity contribution in [3.05, 3.63) is 35.4 Å². The number of hydrogen-bond donors (Lipinski definition) is 1. The highest BCUT2D eigenvalue weighted by Crippen LogP contribution is 2.32. The van der Waals surface area contributed by atoms with Crippen LogP contribution in [0.1, 0.15) is 35.7 Å². The van der Waals surface area contributed by atoms with Gasteiger partial charge in [0, 0.05) is 6.04 Å². The number of benzene rings is 1. The third-order valence-corrected chi connectivity index (χ3v) is 3.31. The molecule has 1 saturated carbocycles. The van der Waals surface area contributed by atoms with Gasteiger partial charge in [0.05, 0.1) is 5.56 Å². The van der Waals surface area contributed by atoms with Crippen LogP contribution in [0.4, 0.5) is 0 Å². The van der Waals surface area contributed by atoms with Gasteiger partial charge in [-0.05, 0) is 44.7 Å². The first-order valence-electron chi connectivity index (χ1n) is 6.59. The molecule has 19 heavy (non-hydrogen) atoms. The average Bonchev–Trinajstić information content (AvgIpc) is 3.20. The molecule has 1 aliphatic carbocycles. The second kappa shape index (κ2) is 5.87. The van der Waals surface area contributed by atoms with Gasteiger partial charge in [-0.2, -0.15) is 0 Å². The summed E-state index contributed by atoms with van der Waals surface area (Å²) in [6, 6.07) is 7.29. The number of hydrogen-bond acceptors (Lipinski definition) is 3. The van der Waals surface area contributed by atoms with Crippen molar-refractivity contribution in [2.45, 2.75) is 32.7 Å². The van der Waals surface area contributed by atoms with Gasteiger partial charge in [-0.15, -0.1) is 0 Å². The van der Waals surface area contributed by atoms with Crippen molar-refractivity contribution in [1.29, 1.82) is 0 Å². The number of amides is 1. The summed E-state index contributed by atoms with van der Waals surface area (Å²) in [5.74, 6) is -0.102. The van der Waals surface area contributed by atoms with Gasteiger partial charge in [0.15, 0.2) is 6.61 Å². The van der Waals surface area contributed by atoms with Crippen molar-refractivity contribution >= 4 is 11.9 Å². The number of nitrogens with one attached hydrogen (secondary N) is 1. The number of ether oxygens (including phenoxy) is 1. The van der Waals surface area contributed by atoms with Crippen molar-refractivity contribution in [3.63, 3.8) is 0 Å². The Morgan fingerprint density at radius 3 is 2.79 bits per heavy atom. The fourth-order valence-electron chi connectivity index (χ4n) is 2.00. The first-order chi connectivity index (χ1) is 9.06. The highest BCUT2D eigenvalue weighted by atomic mass is 16.5. The number of carbonyl (C=O) groups excluding carboxylic acids is 2. The molecule has 1 atom stereocenters. The number of carbonyl (C=O) groups is 2. The van der Waals surface area contributed by atoms with Crippen LogP contribution in [0.5, 0.6) is 0 Å². The molecule has 0 heterocycles. The van der Waals surface area contributed by atoms with Crippen molar-refractivity contribution in [2.75, 3.05) is 6.61 Å². The van der Waals surface area contributed by atoms with Gasteiger partial charge in [-0.3, -0.25) is 4.79 Å². The van der Waals surface area contributed by atoms with Crippen LogP contribution in [0.3, 0.4) is 0 Å². The standard InChI is InChI=1S/C15H19NO3/c1-10-4-3-5-13(8-10)15(18)19-9-14(17)16-11(2)12-6-7-12/h3-5,8,11-12H,6-7,9H2,1-2H3,(H,16,17)/t11-/m0/s1. The highest BCUT2D eigenvalue weighted by Gasteiger charge is 2.28. The lowest BCUT2D eigenvalue weighted by molar-refractivity contribution is -0.124. The summed E-state index contributed by atoms with van der Waals surface area (Å²) in [4.78, 5) is 23.3. The van der Waals surface area contributed by atoms with Gasteiger partial charge in [0.1, 0.15) is 0 Å². The van der Waals surface area contributed by atoms with E-state index in [2.05, 4.69) is 5.32 Å². The Bertz CT molecular complexity index is 480. The van der Waals surface area contributed by atoms with Gasteiger partial charge < -0.3 is 10.1 Å². The van der Waals surface area contributed by atoms with Crippen molar-refractivity contribution in [1.82, 2.24) is 5.32 Å². The summed E-state index contributed by atoms with van der Waals surface area (Å²) < 4.78 is 4.99. The predicted molar refractivity (Wildman–Crippen MR) is 71.8 cm³/mol. The molecule has 0 saturated heterocycles. The quantitative estimate of drug-likeness (QED) is 0.825. The number of rotatable bonds is 5. The first kappa shape index (κ1) is 13.6. The van der Waals surface area contributed by atoms with Gasteiger partial charge in [-0.25, -0.2) is 4.79 Å². The van der Waals surface area contributed by atoms with E-state index in [0.717, 1.165) is 5.56 Å². The van der Waals surface area contributed by atoms with Crippen LogP contribution in [0.15, 0.2) is 24.3 Å². The number of esters is 1. The van der Waals surface area contributed by atoms with Gasteiger partial charge >= 0.3 is 5.97 Å².